The van der Waals surface area contributed by atoms with Crippen LogP contribution >= 0.6 is 23.1 Å². The highest BCUT2D eigenvalue weighted by molar-refractivity contribution is 7.02. The van der Waals surface area contributed by atoms with Crippen molar-refractivity contribution < 1.29 is 23.8 Å². The van der Waals surface area contributed by atoms with Gasteiger partial charge < -0.3 is 14.6 Å². The van der Waals surface area contributed by atoms with Gasteiger partial charge >= 0.3 is 12.0 Å². The van der Waals surface area contributed by atoms with Crippen LogP contribution in [-0.2, 0) is 11.3 Å². The number of benzene rings is 1. The number of halogens is 2. The summed E-state index contributed by atoms with van der Waals surface area (Å²) in [5.74, 6) is -1.76. The van der Waals surface area contributed by atoms with Gasteiger partial charge in [-0.05, 0) is 19.9 Å². The number of carboxylic acid groups (broad SMARTS) is 1. The molecule has 7 nitrogen and oxygen atoms in total. The first-order chi connectivity index (χ1) is 11.3. The quantitative estimate of drug-likeness (QED) is 0.890. The predicted octanol–water partition coefficient (Wildman–Crippen LogP) is 2.60. The van der Waals surface area contributed by atoms with E-state index in [4.69, 9.17) is 26.2 Å². The maximum absolute atomic E-state index is 14.1. The molecule has 10 heteroatoms. The van der Waals surface area contributed by atoms with Crippen molar-refractivity contribution in [1.29, 1.82) is 0 Å². The molecular formula is C14H13ClFN3O4S. The summed E-state index contributed by atoms with van der Waals surface area (Å²) in [7, 11) is 0. The van der Waals surface area contributed by atoms with Crippen LogP contribution in [0.3, 0.4) is 0 Å². The summed E-state index contributed by atoms with van der Waals surface area (Å²) < 4.78 is 30.7. The van der Waals surface area contributed by atoms with Gasteiger partial charge in [0.05, 0.1) is 11.6 Å². The lowest BCUT2D eigenvalue weighted by atomic mass is 10.3. The molecule has 128 valence electrons. The number of hydrogen-bond donors (Lipinski definition) is 1. The first-order valence-corrected chi connectivity index (χ1v) is 8.16. The first-order valence-electron chi connectivity index (χ1n) is 7.01. The van der Waals surface area contributed by atoms with Gasteiger partial charge in [-0.3, -0.25) is 4.57 Å². The summed E-state index contributed by atoms with van der Waals surface area (Å²) in [5, 5.41) is 8.88. The Labute approximate surface area is 145 Å². The minimum absolute atomic E-state index is 0.0227. The zero-order valence-electron chi connectivity index (χ0n) is 12.7. The van der Waals surface area contributed by atoms with Crippen LogP contribution in [-0.4, -0.2) is 32.2 Å². The van der Waals surface area contributed by atoms with E-state index in [-0.39, 0.29) is 22.6 Å². The Balaban J connectivity index is 2.00. The number of carbonyl (C=O) groups is 1. The minimum atomic E-state index is -1.16. The average molecular weight is 374 g/mol. The van der Waals surface area contributed by atoms with Gasteiger partial charge in [-0.1, -0.05) is 11.6 Å². The highest BCUT2D eigenvalue weighted by Gasteiger charge is 2.22. The molecule has 0 amide bonds. The number of fused-ring (bicyclic) bond motifs is 1. The topological polar surface area (TPSA) is 85.9 Å². The molecule has 1 N–H and O–H groups in total. The molecule has 0 saturated heterocycles. The largest absolute Gasteiger partial charge is 0.479 e. The number of ether oxygens (including phenoxy) is 2. The molecule has 0 aliphatic carbocycles. The molecule has 0 bridgehead atoms. The maximum Gasteiger partial charge on any atom is 0.344 e. The fourth-order valence-electron chi connectivity index (χ4n) is 2.09. The van der Waals surface area contributed by atoms with Gasteiger partial charge in [0.25, 0.3) is 0 Å². The Bertz CT molecular complexity index is 866. The average Bonchev–Trinajstić information content (AvgIpc) is 3.04. The fourth-order valence-corrected chi connectivity index (χ4v) is 2.98. The third-order valence-electron chi connectivity index (χ3n) is 3.28. The van der Waals surface area contributed by atoms with Crippen LogP contribution < -0.4 is 14.3 Å². The fraction of sp³-hybridized carbons (Fsp3) is 0.357. The Kier molecular flexibility index (Phi) is 4.46. The van der Waals surface area contributed by atoms with E-state index in [0.29, 0.717) is 17.4 Å². The zero-order valence-corrected chi connectivity index (χ0v) is 14.3. The molecule has 1 aromatic carbocycles. The molecule has 2 atom stereocenters. The summed E-state index contributed by atoms with van der Waals surface area (Å²) in [6, 6.07) is 2.75. The third kappa shape index (κ3) is 3.22. The van der Waals surface area contributed by atoms with Crippen LogP contribution in [0, 0.1) is 5.82 Å². The lowest BCUT2D eigenvalue weighted by molar-refractivity contribution is -0.144. The van der Waals surface area contributed by atoms with E-state index in [1.165, 1.54) is 13.0 Å². The first kappa shape index (κ1) is 16.7. The van der Waals surface area contributed by atoms with Gasteiger partial charge in [0.1, 0.15) is 17.5 Å². The van der Waals surface area contributed by atoms with Crippen molar-refractivity contribution in [2.24, 2.45) is 4.99 Å². The Hall–Kier alpha value is -2.13. The number of carboxylic acids is 1. The van der Waals surface area contributed by atoms with Crippen molar-refractivity contribution in [2.75, 3.05) is 0 Å². The number of aliphatic carboxylic acids is 1. The smallest absolute Gasteiger partial charge is 0.344 e. The standard InChI is InChI=1S/C14H13ClFN3O4S/c1-6-5-19-13(22-6)18-24-14(19)17-10-4-11(8(15)3-9(10)16)23-7(2)12(20)21/h3-4,6-7H,5H2,1-2H3,(H,20,21)/b17-14-. The molecular weight excluding hydrogens is 361 g/mol. The molecule has 2 aromatic rings. The van der Waals surface area contributed by atoms with Crippen LogP contribution in [0.5, 0.6) is 11.8 Å². The van der Waals surface area contributed by atoms with E-state index in [2.05, 4.69) is 9.37 Å². The van der Waals surface area contributed by atoms with Crippen molar-refractivity contribution in [1.82, 2.24) is 8.94 Å². The predicted molar refractivity (Wildman–Crippen MR) is 84.6 cm³/mol. The SMILES string of the molecule is CC1Cn2c(ns/c2=N\c2cc(OC(C)C(=O)O)c(Cl)cc2F)O1. The van der Waals surface area contributed by atoms with Crippen LogP contribution in [0.15, 0.2) is 17.1 Å². The monoisotopic (exact) mass is 373 g/mol. The van der Waals surface area contributed by atoms with Crippen LogP contribution in [0.25, 0.3) is 0 Å². The van der Waals surface area contributed by atoms with Gasteiger partial charge in [-0.15, -0.1) is 4.37 Å². The molecule has 2 heterocycles. The summed E-state index contributed by atoms with van der Waals surface area (Å²) in [6.45, 7) is 3.81. The van der Waals surface area contributed by atoms with Crippen LogP contribution in [0.4, 0.5) is 10.1 Å². The number of aromatic nitrogens is 2. The second-order valence-electron chi connectivity index (χ2n) is 5.23. The highest BCUT2D eigenvalue weighted by atomic mass is 35.5. The maximum atomic E-state index is 14.1. The van der Waals surface area contributed by atoms with Gasteiger partial charge in [-0.2, -0.15) is 0 Å². The van der Waals surface area contributed by atoms with E-state index in [0.717, 1.165) is 17.6 Å². The number of hydrogen-bond acceptors (Lipinski definition) is 6. The Morgan fingerprint density at radius 3 is 3.12 bits per heavy atom. The van der Waals surface area contributed by atoms with Crippen molar-refractivity contribution in [2.45, 2.75) is 32.6 Å². The lowest BCUT2D eigenvalue weighted by Gasteiger charge is -2.12. The van der Waals surface area contributed by atoms with Crippen LogP contribution in [0.2, 0.25) is 5.02 Å². The number of rotatable bonds is 4. The Morgan fingerprint density at radius 1 is 1.67 bits per heavy atom. The third-order valence-corrected chi connectivity index (χ3v) is 4.30. The van der Waals surface area contributed by atoms with E-state index < -0.39 is 17.9 Å². The molecule has 2 unspecified atom stereocenters. The van der Waals surface area contributed by atoms with E-state index >= 15 is 0 Å². The minimum Gasteiger partial charge on any atom is -0.479 e. The molecule has 0 saturated carbocycles. The highest BCUT2D eigenvalue weighted by Crippen LogP contribution is 2.32. The molecule has 3 rings (SSSR count). The molecule has 1 aliphatic rings. The molecule has 1 aliphatic heterocycles. The van der Waals surface area contributed by atoms with Gasteiger partial charge in [-0.25, -0.2) is 14.2 Å². The van der Waals surface area contributed by atoms with Gasteiger partial charge in [0, 0.05) is 17.6 Å². The second-order valence-corrected chi connectivity index (χ2v) is 6.37. The van der Waals surface area contributed by atoms with E-state index in [9.17, 15) is 9.18 Å². The second kappa shape index (κ2) is 6.40. The zero-order chi connectivity index (χ0) is 17.4. The number of nitrogens with zero attached hydrogens (tertiary/aromatic N) is 3. The van der Waals surface area contributed by atoms with E-state index in [1.54, 1.807) is 4.57 Å². The molecule has 1 aromatic heterocycles. The van der Waals surface area contributed by atoms with Crippen molar-refractivity contribution >= 4 is 34.8 Å². The summed E-state index contributed by atoms with van der Waals surface area (Å²) in [6.07, 6.45) is -1.16. The molecule has 0 spiro atoms. The van der Waals surface area contributed by atoms with Crippen molar-refractivity contribution in [3.05, 3.63) is 27.8 Å². The summed E-state index contributed by atoms with van der Waals surface area (Å²) >= 11 is 6.98. The van der Waals surface area contributed by atoms with Crippen LogP contribution in [0.1, 0.15) is 13.8 Å². The van der Waals surface area contributed by atoms with E-state index in [1.807, 2.05) is 6.92 Å². The normalized spacial score (nSPS) is 18.2. The summed E-state index contributed by atoms with van der Waals surface area (Å²) in [4.78, 5) is 15.6. The molecule has 0 radical (unpaired) electrons. The summed E-state index contributed by atoms with van der Waals surface area (Å²) in [5.41, 5.74) is -0.0227. The van der Waals surface area contributed by atoms with Crippen molar-refractivity contribution in [3.63, 3.8) is 0 Å². The van der Waals surface area contributed by atoms with Crippen molar-refractivity contribution in [3.8, 4) is 11.8 Å². The Morgan fingerprint density at radius 2 is 2.42 bits per heavy atom. The van der Waals surface area contributed by atoms with Gasteiger partial charge in [0.15, 0.2) is 11.9 Å². The lowest BCUT2D eigenvalue weighted by Crippen LogP contribution is -2.23. The van der Waals surface area contributed by atoms with Gasteiger partial charge in [0.2, 0.25) is 4.80 Å². The molecule has 0 fully saturated rings. The molecule has 24 heavy (non-hydrogen) atoms.